The number of rotatable bonds is 9. The highest BCUT2D eigenvalue weighted by Gasteiger charge is 2.28. The molecule has 9 nitrogen and oxygen atoms in total. The van der Waals surface area contributed by atoms with Gasteiger partial charge in [0.25, 0.3) is 10.0 Å². The monoisotopic (exact) mass is 538 g/mol. The summed E-state index contributed by atoms with van der Waals surface area (Å²) in [6, 6.07) is 18.9. The minimum Gasteiger partial charge on any atom is -0.493 e. The number of nitrogens with one attached hydrogen (secondary N) is 1. The molecular formula is C26H26N4O5S2. The summed E-state index contributed by atoms with van der Waals surface area (Å²) in [7, 11) is -1.16. The van der Waals surface area contributed by atoms with Gasteiger partial charge >= 0.3 is 0 Å². The number of carbonyl (C=O) groups excluding carboxylic acids is 1. The smallest absolute Gasteiger partial charge is 0.264 e. The molecule has 3 aromatic carbocycles. The van der Waals surface area contributed by atoms with Crippen molar-refractivity contribution in [1.29, 1.82) is 0 Å². The summed E-state index contributed by atoms with van der Waals surface area (Å²) >= 11 is 1.20. The summed E-state index contributed by atoms with van der Waals surface area (Å²) in [6.45, 7) is 3.36. The Balaban J connectivity index is 1.63. The molecule has 11 heteroatoms. The third-order valence-electron chi connectivity index (χ3n) is 5.52. The van der Waals surface area contributed by atoms with Crippen molar-refractivity contribution in [1.82, 2.24) is 10.2 Å². The van der Waals surface area contributed by atoms with E-state index in [0.717, 1.165) is 21.0 Å². The fraction of sp³-hybridized carbons (Fsp3) is 0.192. The van der Waals surface area contributed by atoms with Crippen molar-refractivity contribution in [2.24, 2.45) is 0 Å². The van der Waals surface area contributed by atoms with E-state index >= 15 is 0 Å². The minimum absolute atomic E-state index is 0.0539. The van der Waals surface area contributed by atoms with E-state index in [1.165, 1.54) is 43.8 Å². The lowest BCUT2D eigenvalue weighted by Gasteiger charge is -2.24. The van der Waals surface area contributed by atoms with Gasteiger partial charge in [-0.2, -0.15) is 0 Å². The van der Waals surface area contributed by atoms with Crippen molar-refractivity contribution >= 4 is 38.1 Å². The van der Waals surface area contributed by atoms with Crippen LogP contribution in [0.25, 0.3) is 10.6 Å². The van der Waals surface area contributed by atoms with E-state index < -0.39 is 22.5 Å². The van der Waals surface area contributed by atoms with Crippen LogP contribution in [0.3, 0.4) is 0 Å². The van der Waals surface area contributed by atoms with Crippen LogP contribution >= 0.6 is 11.3 Å². The van der Waals surface area contributed by atoms with Gasteiger partial charge in [-0.05, 0) is 38.1 Å². The van der Waals surface area contributed by atoms with Crippen LogP contribution in [0.4, 0.5) is 10.8 Å². The van der Waals surface area contributed by atoms with Crippen LogP contribution in [0.1, 0.15) is 11.1 Å². The van der Waals surface area contributed by atoms with Crippen molar-refractivity contribution in [2.45, 2.75) is 18.7 Å². The molecule has 4 aromatic rings. The number of hydrogen-bond acceptors (Lipinski definition) is 8. The van der Waals surface area contributed by atoms with Crippen molar-refractivity contribution in [3.8, 4) is 22.1 Å². The van der Waals surface area contributed by atoms with Crippen LogP contribution in [-0.4, -0.2) is 45.3 Å². The van der Waals surface area contributed by atoms with Gasteiger partial charge in [0.15, 0.2) is 11.5 Å². The number of aromatic nitrogens is 2. The topological polar surface area (TPSA) is 111 Å². The van der Waals surface area contributed by atoms with Crippen LogP contribution in [0, 0.1) is 13.8 Å². The molecule has 4 rings (SSSR count). The third kappa shape index (κ3) is 5.89. The fourth-order valence-corrected chi connectivity index (χ4v) is 5.69. The molecule has 0 spiro atoms. The van der Waals surface area contributed by atoms with Gasteiger partial charge in [0.05, 0.1) is 24.8 Å². The SMILES string of the molecule is COc1ccc(N(CC(=O)Nc2nnc(-c3ccc(C)cc3)s2)S(=O)(=O)c2ccc(C)cc2)cc1OC. The lowest BCUT2D eigenvalue weighted by Crippen LogP contribution is -2.38. The molecule has 0 aliphatic rings. The van der Waals surface area contributed by atoms with Gasteiger partial charge in [0.2, 0.25) is 11.0 Å². The molecule has 0 saturated carbocycles. The lowest BCUT2D eigenvalue weighted by atomic mass is 10.2. The molecular weight excluding hydrogens is 512 g/mol. The van der Waals surface area contributed by atoms with Gasteiger partial charge < -0.3 is 9.47 Å². The van der Waals surface area contributed by atoms with Gasteiger partial charge in [-0.1, -0.05) is 58.9 Å². The highest BCUT2D eigenvalue weighted by molar-refractivity contribution is 7.92. The molecule has 0 aliphatic heterocycles. The molecule has 0 atom stereocenters. The molecule has 0 unspecified atom stereocenters. The molecule has 1 aromatic heterocycles. The number of anilines is 2. The van der Waals surface area contributed by atoms with Crippen molar-refractivity contribution < 1.29 is 22.7 Å². The predicted molar refractivity (Wildman–Crippen MR) is 144 cm³/mol. The average Bonchev–Trinajstić information content (AvgIpc) is 3.35. The summed E-state index contributed by atoms with van der Waals surface area (Å²) in [5.41, 5.74) is 3.14. The summed E-state index contributed by atoms with van der Waals surface area (Å²) in [6.07, 6.45) is 0. The van der Waals surface area contributed by atoms with Crippen molar-refractivity contribution in [3.63, 3.8) is 0 Å². The molecule has 0 saturated heterocycles. The number of aryl methyl sites for hydroxylation is 2. The number of benzene rings is 3. The molecule has 1 heterocycles. The summed E-state index contributed by atoms with van der Waals surface area (Å²) in [5, 5.41) is 11.8. The van der Waals surface area contributed by atoms with Crippen LogP contribution < -0.4 is 19.1 Å². The van der Waals surface area contributed by atoms with E-state index in [9.17, 15) is 13.2 Å². The standard InChI is InChI=1S/C26H26N4O5S2/c1-17-5-9-19(10-6-17)25-28-29-26(36-25)27-24(31)16-30(20-11-14-22(34-3)23(15-20)35-4)37(32,33)21-12-7-18(2)8-13-21/h5-15H,16H2,1-4H3,(H,27,29,31). The summed E-state index contributed by atoms with van der Waals surface area (Å²) in [5.74, 6) is 0.189. The van der Waals surface area contributed by atoms with E-state index in [1.54, 1.807) is 24.3 Å². The Kier molecular flexibility index (Phi) is 7.74. The Labute approximate surface area is 219 Å². The van der Waals surface area contributed by atoms with E-state index in [4.69, 9.17) is 9.47 Å². The number of methoxy groups -OCH3 is 2. The first kappa shape index (κ1) is 26.1. The zero-order valence-electron chi connectivity index (χ0n) is 20.8. The number of carbonyl (C=O) groups is 1. The third-order valence-corrected chi connectivity index (χ3v) is 8.20. The number of hydrogen-bond donors (Lipinski definition) is 1. The van der Waals surface area contributed by atoms with Crippen molar-refractivity contribution in [3.05, 3.63) is 77.9 Å². The predicted octanol–water partition coefficient (Wildman–Crippen LogP) is 4.67. The Morgan fingerprint density at radius 3 is 2.14 bits per heavy atom. The van der Waals surface area contributed by atoms with E-state index in [-0.39, 0.29) is 15.7 Å². The number of amides is 1. The molecule has 0 radical (unpaired) electrons. The maximum absolute atomic E-state index is 13.7. The van der Waals surface area contributed by atoms with E-state index in [2.05, 4.69) is 15.5 Å². The number of sulfonamides is 1. The van der Waals surface area contributed by atoms with Crippen molar-refractivity contribution in [2.75, 3.05) is 30.4 Å². The summed E-state index contributed by atoms with van der Waals surface area (Å²) < 4.78 is 39.0. The summed E-state index contributed by atoms with van der Waals surface area (Å²) in [4.78, 5) is 13.1. The zero-order chi connectivity index (χ0) is 26.6. The number of nitrogens with zero attached hydrogens (tertiary/aromatic N) is 3. The first-order chi connectivity index (χ1) is 17.7. The largest absolute Gasteiger partial charge is 0.493 e. The van der Waals surface area contributed by atoms with Gasteiger partial charge in [0, 0.05) is 11.6 Å². The second-order valence-electron chi connectivity index (χ2n) is 8.19. The van der Waals surface area contributed by atoms with E-state index in [0.29, 0.717) is 16.5 Å². The fourth-order valence-electron chi connectivity index (χ4n) is 3.51. The molecule has 1 N–H and O–H groups in total. The molecule has 0 aliphatic carbocycles. The maximum Gasteiger partial charge on any atom is 0.264 e. The molecule has 0 bridgehead atoms. The normalized spacial score (nSPS) is 11.1. The quantitative estimate of drug-likeness (QED) is 0.330. The Morgan fingerprint density at radius 2 is 1.51 bits per heavy atom. The van der Waals surface area contributed by atoms with Crippen LogP contribution in [0.5, 0.6) is 11.5 Å². The molecule has 37 heavy (non-hydrogen) atoms. The van der Waals surface area contributed by atoms with E-state index in [1.807, 2.05) is 38.1 Å². The average molecular weight is 539 g/mol. The molecule has 0 fully saturated rings. The van der Waals surface area contributed by atoms with Gasteiger partial charge in [-0.25, -0.2) is 8.42 Å². The highest BCUT2D eigenvalue weighted by atomic mass is 32.2. The van der Waals surface area contributed by atoms with Gasteiger partial charge in [-0.15, -0.1) is 10.2 Å². The highest BCUT2D eigenvalue weighted by Crippen LogP contribution is 2.34. The molecule has 192 valence electrons. The van der Waals surface area contributed by atoms with Crippen LogP contribution in [-0.2, 0) is 14.8 Å². The lowest BCUT2D eigenvalue weighted by molar-refractivity contribution is -0.114. The van der Waals surface area contributed by atoms with Gasteiger partial charge in [-0.3, -0.25) is 14.4 Å². The second-order valence-corrected chi connectivity index (χ2v) is 11.0. The first-order valence-electron chi connectivity index (χ1n) is 11.2. The zero-order valence-corrected chi connectivity index (χ0v) is 22.4. The maximum atomic E-state index is 13.7. The second kappa shape index (κ2) is 11.0. The Bertz CT molecular complexity index is 1500. The van der Waals surface area contributed by atoms with Crippen LogP contribution in [0.15, 0.2) is 71.6 Å². The number of ether oxygens (including phenoxy) is 2. The minimum atomic E-state index is -4.10. The van der Waals surface area contributed by atoms with Crippen LogP contribution in [0.2, 0.25) is 0 Å². The first-order valence-corrected chi connectivity index (χ1v) is 13.5. The van der Waals surface area contributed by atoms with Gasteiger partial charge in [0.1, 0.15) is 11.6 Å². The molecule has 1 amide bonds. The Hall–Kier alpha value is -3.96. The Morgan fingerprint density at radius 1 is 0.892 bits per heavy atom.